The van der Waals surface area contributed by atoms with Crippen molar-refractivity contribution in [2.45, 2.75) is 63.8 Å². The number of ether oxygens (including phenoxy) is 2. The minimum atomic E-state index is -0.926. The van der Waals surface area contributed by atoms with Gasteiger partial charge < -0.3 is 39.3 Å². The van der Waals surface area contributed by atoms with E-state index >= 15 is 0 Å². The molecule has 6 aromatic rings. The number of aliphatic carboxylic acids is 2. The fraction of sp³-hybridized carbons (Fsp3) is 0.391. The summed E-state index contributed by atoms with van der Waals surface area (Å²) in [5.74, 6) is 0.597. The van der Waals surface area contributed by atoms with Crippen molar-refractivity contribution in [1.82, 2.24) is 49.8 Å². The molecule has 20 nitrogen and oxygen atoms in total. The van der Waals surface area contributed by atoms with Crippen LogP contribution in [0.1, 0.15) is 61.3 Å². The molecule has 4 aliphatic rings. The first kappa shape index (κ1) is 45.7. The number of hydrogen-bond donors (Lipinski definition) is 2. The van der Waals surface area contributed by atoms with Crippen molar-refractivity contribution < 1.29 is 38.1 Å². The zero-order valence-corrected chi connectivity index (χ0v) is 37.3. The first-order chi connectivity index (χ1) is 32.9. The summed E-state index contributed by atoms with van der Waals surface area (Å²) in [6, 6.07) is 9.29. The molecule has 2 fully saturated rings. The van der Waals surface area contributed by atoms with E-state index in [2.05, 4.69) is 44.9 Å². The third-order valence-electron chi connectivity index (χ3n) is 12.2. The van der Waals surface area contributed by atoms with Crippen molar-refractivity contribution in [3.8, 4) is 23.3 Å². The summed E-state index contributed by atoms with van der Waals surface area (Å²) in [5, 5.41) is 18.2. The molecular weight excluding hydrogens is 883 g/mol. The lowest BCUT2D eigenvalue weighted by Gasteiger charge is -2.37. The van der Waals surface area contributed by atoms with Crippen molar-refractivity contribution >= 4 is 35.1 Å². The van der Waals surface area contributed by atoms with Crippen molar-refractivity contribution in [2.24, 2.45) is 0 Å². The average molecular weight is 931 g/mol. The molecule has 6 aromatic heterocycles. The molecule has 0 aromatic carbocycles. The van der Waals surface area contributed by atoms with Gasteiger partial charge in [0.1, 0.15) is 23.3 Å². The van der Waals surface area contributed by atoms with Gasteiger partial charge in [0.05, 0.1) is 61.7 Å². The first-order valence-electron chi connectivity index (χ1n) is 22.3. The Morgan fingerprint density at radius 1 is 0.603 bits per heavy atom. The van der Waals surface area contributed by atoms with Gasteiger partial charge in [-0.1, -0.05) is 0 Å². The third kappa shape index (κ3) is 10.4. The summed E-state index contributed by atoms with van der Waals surface area (Å²) in [4.78, 5) is 74.1. The number of anilines is 4. The second kappa shape index (κ2) is 20.2. The predicted octanol–water partition coefficient (Wildman–Crippen LogP) is 4.54. The van der Waals surface area contributed by atoms with Gasteiger partial charge in [-0.25, -0.2) is 54.2 Å². The zero-order chi connectivity index (χ0) is 47.3. The van der Waals surface area contributed by atoms with Crippen LogP contribution in [0.5, 0.6) is 0 Å². The van der Waals surface area contributed by atoms with Crippen LogP contribution in [0.2, 0.25) is 0 Å². The number of rotatable bonds is 10. The van der Waals surface area contributed by atoms with Crippen LogP contribution in [-0.4, -0.2) is 137 Å². The number of morpholine rings is 2. The van der Waals surface area contributed by atoms with Gasteiger partial charge in [-0.15, -0.1) is 0 Å². The lowest BCUT2D eigenvalue weighted by atomic mass is 9.99. The number of pyridine rings is 2. The Morgan fingerprint density at radius 3 is 1.62 bits per heavy atom. The van der Waals surface area contributed by atoms with E-state index in [4.69, 9.17) is 24.7 Å². The van der Waals surface area contributed by atoms with Crippen molar-refractivity contribution in [3.05, 3.63) is 108 Å². The number of halogens is 2. The van der Waals surface area contributed by atoms with Gasteiger partial charge in [-0.2, -0.15) is 4.39 Å². The Morgan fingerprint density at radius 2 is 1.09 bits per heavy atom. The monoisotopic (exact) mass is 930 g/mol. The number of aromatic nitrogens is 10. The van der Waals surface area contributed by atoms with E-state index in [1.807, 2.05) is 39.5 Å². The molecule has 4 atom stereocenters. The topological polar surface area (TPSA) is 235 Å². The van der Waals surface area contributed by atoms with Gasteiger partial charge in [0, 0.05) is 130 Å². The Bertz CT molecular complexity index is 2580. The SMILES string of the molecule is CC1c2cnc(-c3ncccn3)nc2CCN1c1cc(F)cc(N2CCOC(CC(=O)O)C2)n1.CC1c2cnc(-c3ncccn3)nc2CCN1c1cc(N2CCOC(CC(=O)O)C2)cc(F)n1. The Balaban J connectivity index is 0.000000170. The fourth-order valence-corrected chi connectivity index (χ4v) is 8.89. The lowest BCUT2D eigenvalue weighted by molar-refractivity contribution is -0.141. The summed E-state index contributed by atoms with van der Waals surface area (Å²) >= 11 is 0. The first-order valence-corrected chi connectivity index (χ1v) is 22.3. The van der Waals surface area contributed by atoms with Gasteiger partial charge in [0.2, 0.25) is 5.95 Å². The Labute approximate surface area is 389 Å². The van der Waals surface area contributed by atoms with Gasteiger partial charge in [0.25, 0.3) is 0 Å². The van der Waals surface area contributed by atoms with Crippen molar-refractivity contribution in [1.29, 1.82) is 0 Å². The molecular formula is C46H48F2N14O6. The van der Waals surface area contributed by atoms with E-state index in [1.54, 1.807) is 49.3 Å². The Hall–Kier alpha value is -7.46. The molecule has 10 heterocycles. The van der Waals surface area contributed by atoms with Gasteiger partial charge in [-0.05, 0) is 26.0 Å². The highest BCUT2D eigenvalue weighted by molar-refractivity contribution is 5.68. The number of fused-ring (bicyclic) bond motifs is 2. The summed E-state index contributed by atoms with van der Waals surface area (Å²) in [6.07, 6.45) is 10.4. The standard InChI is InChI=1S/2C23H24FN7O3/c1-14-17-12-27-23(22-25-4-2-5-26-22)28-18(17)3-6-31(14)20-10-15(9-19(24)29-20)30-7-8-34-16(13-30)11-21(32)33;1-14-17-12-27-23(22-25-4-2-5-26-22)28-18(17)3-6-31(14)20-10-15(24)9-19(29-20)30-7-8-34-16(13-30)11-21(32)33/h2*2,4-5,9-10,12,14,16H,3,6-8,11,13H2,1H3,(H,32,33). The van der Waals surface area contributed by atoms with Crippen LogP contribution in [0.25, 0.3) is 23.3 Å². The van der Waals surface area contributed by atoms with Crippen LogP contribution in [0.15, 0.2) is 73.6 Å². The number of carboxylic acid groups (broad SMARTS) is 2. The minimum Gasteiger partial charge on any atom is -0.481 e. The molecule has 0 spiro atoms. The van der Waals surface area contributed by atoms with E-state index in [9.17, 15) is 18.4 Å². The molecule has 2 saturated heterocycles. The molecule has 0 amide bonds. The van der Waals surface area contributed by atoms with E-state index in [0.29, 0.717) is 112 Å². The second-order valence-corrected chi connectivity index (χ2v) is 16.7. The molecule has 22 heteroatoms. The maximum atomic E-state index is 14.7. The quantitative estimate of drug-likeness (QED) is 0.179. The Kier molecular flexibility index (Phi) is 13.6. The smallest absolute Gasteiger partial charge is 0.306 e. The van der Waals surface area contributed by atoms with Crippen LogP contribution < -0.4 is 19.6 Å². The highest BCUT2D eigenvalue weighted by atomic mass is 19.1. The van der Waals surface area contributed by atoms with Gasteiger partial charge in [-0.3, -0.25) is 9.59 Å². The van der Waals surface area contributed by atoms with Crippen molar-refractivity contribution in [3.63, 3.8) is 0 Å². The van der Waals surface area contributed by atoms with Crippen LogP contribution in [0.3, 0.4) is 0 Å². The van der Waals surface area contributed by atoms with Gasteiger partial charge >= 0.3 is 11.9 Å². The molecule has 10 rings (SSSR count). The number of nitrogens with zero attached hydrogens (tertiary/aromatic N) is 14. The number of carboxylic acids is 2. The van der Waals surface area contributed by atoms with E-state index in [-0.39, 0.29) is 24.9 Å². The minimum absolute atomic E-state index is 0.0904. The second-order valence-electron chi connectivity index (χ2n) is 16.7. The maximum Gasteiger partial charge on any atom is 0.306 e. The van der Waals surface area contributed by atoms with Crippen LogP contribution >= 0.6 is 0 Å². The van der Waals surface area contributed by atoms with E-state index in [0.717, 1.165) is 22.5 Å². The average Bonchev–Trinajstić information content (AvgIpc) is 3.34. The molecule has 0 radical (unpaired) electrons. The molecule has 4 aliphatic heterocycles. The van der Waals surface area contributed by atoms with Crippen molar-refractivity contribution in [2.75, 3.05) is 72.1 Å². The largest absolute Gasteiger partial charge is 0.481 e. The maximum absolute atomic E-state index is 14.7. The summed E-state index contributed by atoms with van der Waals surface area (Å²) in [5.41, 5.74) is 4.40. The highest BCUT2D eigenvalue weighted by Crippen LogP contribution is 2.36. The third-order valence-corrected chi connectivity index (χ3v) is 12.2. The molecule has 0 aliphatic carbocycles. The predicted molar refractivity (Wildman–Crippen MR) is 242 cm³/mol. The van der Waals surface area contributed by atoms with Gasteiger partial charge in [0.15, 0.2) is 23.3 Å². The number of hydrogen-bond acceptors (Lipinski definition) is 18. The van der Waals surface area contributed by atoms with Crippen LogP contribution in [0, 0.1) is 11.8 Å². The molecule has 4 unspecified atom stereocenters. The van der Waals surface area contributed by atoms with Crippen LogP contribution in [0.4, 0.5) is 31.9 Å². The molecule has 0 saturated carbocycles. The molecule has 0 bridgehead atoms. The molecule has 68 heavy (non-hydrogen) atoms. The molecule has 352 valence electrons. The summed E-state index contributed by atoms with van der Waals surface area (Å²) < 4.78 is 40.3. The highest BCUT2D eigenvalue weighted by Gasteiger charge is 2.32. The zero-order valence-electron chi connectivity index (χ0n) is 37.3. The number of carbonyl (C=O) groups is 2. The van der Waals surface area contributed by atoms with Crippen LogP contribution in [-0.2, 0) is 31.9 Å². The summed E-state index contributed by atoms with van der Waals surface area (Å²) in [7, 11) is 0. The normalized spacial score (nSPS) is 20.2. The summed E-state index contributed by atoms with van der Waals surface area (Å²) in [6.45, 7) is 7.80. The fourth-order valence-electron chi connectivity index (χ4n) is 8.89. The van der Waals surface area contributed by atoms with E-state index in [1.165, 1.54) is 18.2 Å². The van der Waals surface area contributed by atoms with E-state index < -0.39 is 35.9 Å². The lowest BCUT2D eigenvalue weighted by Crippen LogP contribution is -2.44. The molecule has 2 N–H and O–H groups in total.